The zero-order chi connectivity index (χ0) is 16.4. The van der Waals surface area contributed by atoms with Crippen LogP contribution in [-0.2, 0) is 21.5 Å². The van der Waals surface area contributed by atoms with E-state index in [0.717, 1.165) is 35.3 Å². The van der Waals surface area contributed by atoms with Crippen LogP contribution in [0.25, 0.3) is 0 Å². The van der Waals surface area contributed by atoms with E-state index in [0.29, 0.717) is 13.0 Å². The second kappa shape index (κ2) is 6.02. The number of imide groups is 1. The summed E-state index contributed by atoms with van der Waals surface area (Å²) in [6.45, 7) is 2.26. The highest BCUT2D eigenvalue weighted by molar-refractivity contribution is 6.09. The Morgan fingerprint density at radius 1 is 1.35 bits per heavy atom. The van der Waals surface area contributed by atoms with E-state index >= 15 is 0 Å². The van der Waals surface area contributed by atoms with E-state index < -0.39 is 11.6 Å². The Labute approximate surface area is 135 Å². The van der Waals surface area contributed by atoms with Crippen molar-refractivity contribution < 1.29 is 14.4 Å². The van der Waals surface area contributed by atoms with Gasteiger partial charge in [0.1, 0.15) is 12.1 Å². The molecule has 0 aromatic heterocycles. The summed E-state index contributed by atoms with van der Waals surface area (Å²) in [4.78, 5) is 38.1. The number of hydrogen-bond acceptors (Lipinski definition) is 3. The Bertz CT molecular complexity index is 658. The molecule has 1 aliphatic heterocycles. The molecule has 6 heteroatoms. The van der Waals surface area contributed by atoms with Gasteiger partial charge >= 0.3 is 6.03 Å². The molecule has 0 unspecified atom stereocenters. The SMILES string of the molecule is CCCNC(=O)CN1C(=O)N[C@@]2(CCCc3ccccc32)C1=O. The van der Waals surface area contributed by atoms with Crippen molar-refractivity contribution in [2.45, 2.75) is 38.1 Å². The van der Waals surface area contributed by atoms with Gasteiger partial charge in [-0.25, -0.2) is 4.79 Å². The number of nitrogens with one attached hydrogen (secondary N) is 2. The maximum absolute atomic E-state index is 12.9. The maximum atomic E-state index is 12.9. The van der Waals surface area contributed by atoms with Crippen LogP contribution in [0.1, 0.15) is 37.3 Å². The van der Waals surface area contributed by atoms with E-state index in [9.17, 15) is 14.4 Å². The Balaban J connectivity index is 1.86. The molecular formula is C17H21N3O3. The van der Waals surface area contributed by atoms with Gasteiger partial charge in [-0.1, -0.05) is 31.2 Å². The number of carbonyl (C=O) groups is 3. The topological polar surface area (TPSA) is 78.5 Å². The van der Waals surface area contributed by atoms with Crippen LogP contribution >= 0.6 is 0 Å². The molecule has 3 rings (SSSR count). The van der Waals surface area contributed by atoms with Crippen LogP contribution in [0.5, 0.6) is 0 Å². The highest BCUT2D eigenvalue weighted by atomic mass is 16.2. The molecule has 1 fully saturated rings. The average Bonchev–Trinajstić information content (AvgIpc) is 2.78. The van der Waals surface area contributed by atoms with Crippen LogP contribution in [0.3, 0.4) is 0 Å². The lowest BCUT2D eigenvalue weighted by atomic mass is 9.76. The molecule has 23 heavy (non-hydrogen) atoms. The normalized spacial score (nSPS) is 22.9. The lowest BCUT2D eigenvalue weighted by Gasteiger charge is -2.33. The van der Waals surface area contributed by atoms with Gasteiger partial charge in [0.05, 0.1) is 0 Å². The van der Waals surface area contributed by atoms with Crippen molar-refractivity contribution in [3.05, 3.63) is 35.4 Å². The number of urea groups is 1. The fourth-order valence-electron chi connectivity index (χ4n) is 3.42. The van der Waals surface area contributed by atoms with Gasteiger partial charge in [-0.3, -0.25) is 14.5 Å². The third kappa shape index (κ3) is 2.58. The number of nitrogens with zero attached hydrogens (tertiary/aromatic N) is 1. The van der Waals surface area contributed by atoms with Crippen molar-refractivity contribution in [2.24, 2.45) is 0 Å². The predicted octanol–water partition coefficient (Wildman–Crippen LogP) is 1.30. The molecule has 1 atom stereocenters. The number of fused-ring (bicyclic) bond motifs is 2. The molecule has 0 saturated carbocycles. The summed E-state index contributed by atoms with van der Waals surface area (Å²) in [7, 11) is 0. The van der Waals surface area contributed by atoms with Crippen LogP contribution < -0.4 is 10.6 Å². The Hall–Kier alpha value is -2.37. The summed E-state index contributed by atoms with van der Waals surface area (Å²) in [5.41, 5.74) is 0.947. The summed E-state index contributed by atoms with van der Waals surface area (Å²) < 4.78 is 0. The van der Waals surface area contributed by atoms with Gasteiger partial charge in [-0.15, -0.1) is 0 Å². The van der Waals surface area contributed by atoms with Crippen molar-refractivity contribution >= 4 is 17.8 Å². The van der Waals surface area contributed by atoms with Crippen molar-refractivity contribution in [2.75, 3.05) is 13.1 Å². The number of benzene rings is 1. The van der Waals surface area contributed by atoms with E-state index in [-0.39, 0.29) is 18.4 Å². The molecule has 2 N–H and O–H groups in total. The number of rotatable bonds is 4. The predicted molar refractivity (Wildman–Crippen MR) is 84.6 cm³/mol. The summed E-state index contributed by atoms with van der Waals surface area (Å²) in [5, 5.41) is 5.54. The first-order valence-corrected chi connectivity index (χ1v) is 8.07. The quantitative estimate of drug-likeness (QED) is 0.822. The largest absolute Gasteiger partial charge is 0.355 e. The van der Waals surface area contributed by atoms with Crippen LogP contribution in [0.15, 0.2) is 24.3 Å². The zero-order valence-electron chi connectivity index (χ0n) is 13.2. The monoisotopic (exact) mass is 315 g/mol. The van der Waals surface area contributed by atoms with Crippen molar-refractivity contribution in [3.63, 3.8) is 0 Å². The van der Waals surface area contributed by atoms with Crippen LogP contribution in [-0.4, -0.2) is 35.8 Å². The first-order valence-electron chi connectivity index (χ1n) is 8.07. The molecule has 6 nitrogen and oxygen atoms in total. The molecule has 1 spiro atoms. The highest BCUT2D eigenvalue weighted by Gasteiger charge is 2.54. The summed E-state index contributed by atoms with van der Waals surface area (Å²) in [5.74, 6) is -0.627. The molecule has 2 aliphatic rings. The lowest BCUT2D eigenvalue weighted by molar-refractivity contribution is -0.135. The minimum Gasteiger partial charge on any atom is -0.355 e. The number of amides is 4. The van der Waals surface area contributed by atoms with E-state index in [4.69, 9.17) is 0 Å². The van der Waals surface area contributed by atoms with Gasteiger partial charge in [-0.2, -0.15) is 0 Å². The third-order valence-corrected chi connectivity index (χ3v) is 4.52. The number of carbonyl (C=O) groups excluding carboxylic acids is 3. The molecule has 1 aliphatic carbocycles. The summed E-state index contributed by atoms with van der Waals surface area (Å²) in [6, 6.07) is 7.22. The fraction of sp³-hybridized carbons (Fsp3) is 0.471. The average molecular weight is 315 g/mol. The first-order chi connectivity index (χ1) is 11.1. The fourth-order valence-corrected chi connectivity index (χ4v) is 3.42. The molecule has 1 aromatic rings. The Morgan fingerprint density at radius 2 is 2.13 bits per heavy atom. The molecule has 4 amide bonds. The molecule has 1 saturated heterocycles. The molecule has 1 heterocycles. The van der Waals surface area contributed by atoms with Gasteiger partial charge in [0.15, 0.2) is 0 Å². The molecule has 0 bridgehead atoms. The maximum Gasteiger partial charge on any atom is 0.325 e. The standard InChI is InChI=1S/C17H21N3O3/c1-2-10-18-14(21)11-20-15(22)17(19-16(20)23)9-5-7-12-6-3-4-8-13(12)17/h3-4,6,8H,2,5,7,9-11H2,1H3,(H,18,21)(H,19,23)/t17-/m1/s1. The smallest absolute Gasteiger partial charge is 0.325 e. The van der Waals surface area contributed by atoms with Gasteiger partial charge in [0.2, 0.25) is 5.91 Å². The Kier molecular flexibility index (Phi) is 4.07. The van der Waals surface area contributed by atoms with Crippen molar-refractivity contribution in [1.29, 1.82) is 0 Å². The third-order valence-electron chi connectivity index (χ3n) is 4.52. The molecule has 122 valence electrons. The van der Waals surface area contributed by atoms with Crippen LogP contribution in [0.2, 0.25) is 0 Å². The number of aryl methyl sites for hydroxylation is 1. The second-order valence-electron chi connectivity index (χ2n) is 6.09. The summed E-state index contributed by atoms with van der Waals surface area (Å²) >= 11 is 0. The van der Waals surface area contributed by atoms with E-state index in [1.807, 2.05) is 31.2 Å². The van der Waals surface area contributed by atoms with Gasteiger partial charge in [0.25, 0.3) is 5.91 Å². The minimum absolute atomic E-state index is 0.228. The van der Waals surface area contributed by atoms with Crippen LogP contribution in [0, 0.1) is 0 Å². The van der Waals surface area contributed by atoms with Crippen molar-refractivity contribution in [1.82, 2.24) is 15.5 Å². The van der Waals surface area contributed by atoms with Gasteiger partial charge < -0.3 is 10.6 Å². The Morgan fingerprint density at radius 3 is 2.91 bits per heavy atom. The second-order valence-corrected chi connectivity index (χ2v) is 6.09. The lowest BCUT2D eigenvalue weighted by Crippen LogP contribution is -2.47. The van der Waals surface area contributed by atoms with Crippen molar-refractivity contribution in [3.8, 4) is 0 Å². The van der Waals surface area contributed by atoms with Gasteiger partial charge in [0, 0.05) is 6.54 Å². The molecular weight excluding hydrogens is 294 g/mol. The van der Waals surface area contributed by atoms with Crippen LogP contribution in [0.4, 0.5) is 4.79 Å². The number of hydrogen-bond donors (Lipinski definition) is 2. The molecule has 1 aromatic carbocycles. The van der Waals surface area contributed by atoms with E-state index in [1.165, 1.54) is 0 Å². The van der Waals surface area contributed by atoms with Gasteiger partial charge in [-0.05, 0) is 36.8 Å². The zero-order valence-corrected chi connectivity index (χ0v) is 13.2. The van der Waals surface area contributed by atoms with E-state index in [1.54, 1.807) is 0 Å². The summed E-state index contributed by atoms with van der Waals surface area (Å²) in [6.07, 6.45) is 3.11. The minimum atomic E-state index is -1.00. The molecule has 0 radical (unpaired) electrons. The van der Waals surface area contributed by atoms with E-state index in [2.05, 4.69) is 10.6 Å². The highest BCUT2D eigenvalue weighted by Crippen LogP contribution is 2.39. The first kappa shape index (κ1) is 15.5.